The van der Waals surface area contributed by atoms with Gasteiger partial charge in [-0.1, -0.05) is 29.3 Å². The van der Waals surface area contributed by atoms with E-state index in [2.05, 4.69) is 14.9 Å². The molecule has 1 aliphatic heterocycles. The van der Waals surface area contributed by atoms with Gasteiger partial charge in [0.1, 0.15) is 5.82 Å². The second kappa shape index (κ2) is 6.67. The van der Waals surface area contributed by atoms with E-state index < -0.39 is 0 Å². The van der Waals surface area contributed by atoms with Gasteiger partial charge in [0.05, 0.1) is 0 Å². The average molecular weight is 334 g/mol. The summed E-state index contributed by atoms with van der Waals surface area (Å²) in [6, 6.07) is 7.48. The van der Waals surface area contributed by atoms with Gasteiger partial charge < -0.3 is 4.90 Å². The summed E-state index contributed by atoms with van der Waals surface area (Å²) in [5.41, 5.74) is 1.87. The SMILES string of the molecule is Cc1cc(N2CCCC2)nc(/C=C/c2ccc(Cl)cc2Cl)n1. The summed E-state index contributed by atoms with van der Waals surface area (Å²) in [7, 11) is 0. The number of benzene rings is 1. The van der Waals surface area contributed by atoms with Crippen LogP contribution in [0.4, 0.5) is 5.82 Å². The molecule has 0 bridgehead atoms. The van der Waals surface area contributed by atoms with Crippen LogP contribution in [-0.2, 0) is 0 Å². The van der Waals surface area contributed by atoms with Gasteiger partial charge in [-0.3, -0.25) is 0 Å². The lowest BCUT2D eigenvalue weighted by Gasteiger charge is -2.16. The lowest BCUT2D eigenvalue weighted by atomic mass is 10.2. The smallest absolute Gasteiger partial charge is 0.154 e. The molecule has 3 rings (SSSR count). The first-order valence-electron chi connectivity index (χ1n) is 7.35. The topological polar surface area (TPSA) is 29.0 Å². The number of aryl methyl sites for hydroxylation is 1. The van der Waals surface area contributed by atoms with E-state index in [4.69, 9.17) is 23.2 Å². The monoisotopic (exact) mass is 333 g/mol. The van der Waals surface area contributed by atoms with Crippen LogP contribution >= 0.6 is 23.2 Å². The second-order valence-electron chi connectivity index (χ2n) is 5.42. The molecule has 2 aromatic rings. The molecule has 0 spiro atoms. The minimum absolute atomic E-state index is 0.621. The number of anilines is 1. The van der Waals surface area contributed by atoms with Gasteiger partial charge in [0.25, 0.3) is 0 Å². The zero-order valence-corrected chi connectivity index (χ0v) is 13.9. The fourth-order valence-corrected chi connectivity index (χ4v) is 3.03. The molecule has 1 saturated heterocycles. The van der Waals surface area contributed by atoms with Crippen LogP contribution in [0.25, 0.3) is 12.2 Å². The molecule has 0 N–H and O–H groups in total. The zero-order chi connectivity index (χ0) is 15.5. The molecule has 0 saturated carbocycles. The highest BCUT2D eigenvalue weighted by molar-refractivity contribution is 6.35. The normalized spacial score (nSPS) is 15.0. The summed E-state index contributed by atoms with van der Waals surface area (Å²) < 4.78 is 0. The Morgan fingerprint density at radius 1 is 1.05 bits per heavy atom. The summed E-state index contributed by atoms with van der Waals surface area (Å²) in [4.78, 5) is 11.4. The molecule has 1 fully saturated rings. The van der Waals surface area contributed by atoms with Crippen LogP contribution in [0, 0.1) is 6.92 Å². The van der Waals surface area contributed by atoms with Crippen molar-refractivity contribution in [1.29, 1.82) is 0 Å². The largest absolute Gasteiger partial charge is 0.356 e. The van der Waals surface area contributed by atoms with Crippen LogP contribution < -0.4 is 4.90 Å². The minimum Gasteiger partial charge on any atom is -0.356 e. The van der Waals surface area contributed by atoms with Gasteiger partial charge in [-0.2, -0.15) is 0 Å². The van der Waals surface area contributed by atoms with Gasteiger partial charge in [-0.15, -0.1) is 0 Å². The van der Waals surface area contributed by atoms with Gasteiger partial charge in [0.2, 0.25) is 0 Å². The van der Waals surface area contributed by atoms with E-state index in [1.54, 1.807) is 6.07 Å². The van der Waals surface area contributed by atoms with E-state index >= 15 is 0 Å². The van der Waals surface area contributed by atoms with Crippen LogP contribution in [-0.4, -0.2) is 23.1 Å². The maximum atomic E-state index is 6.18. The Hall–Kier alpha value is -1.58. The molecular formula is C17H17Cl2N3. The third-order valence-corrected chi connectivity index (χ3v) is 4.22. The van der Waals surface area contributed by atoms with E-state index in [-0.39, 0.29) is 0 Å². The van der Waals surface area contributed by atoms with Crippen molar-refractivity contribution in [1.82, 2.24) is 9.97 Å². The van der Waals surface area contributed by atoms with Gasteiger partial charge in [-0.25, -0.2) is 9.97 Å². The first kappa shape index (κ1) is 15.3. The van der Waals surface area contributed by atoms with Crippen LogP contribution in [0.5, 0.6) is 0 Å². The highest BCUT2D eigenvalue weighted by atomic mass is 35.5. The summed E-state index contributed by atoms with van der Waals surface area (Å²) in [6.07, 6.45) is 6.27. The molecular weight excluding hydrogens is 317 g/mol. The average Bonchev–Trinajstić information content (AvgIpc) is 3.00. The first-order valence-corrected chi connectivity index (χ1v) is 8.11. The summed E-state index contributed by atoms with van der Waals surface area (Å²) >= 11 is 12.1. The number of halogens is 2. The number of nitrogens with zero attached hydrogens (tertiary/aromatic N) is 3. The van der Waals surface area contributed by atoms with Crippen molar-refractivity contribution in [2.45, 2.75) is 19.8 Å². The standard InChI is InChI=1S/C17H17Cl2N3/c1-12-10-17(22-8-2-3-9-22)21-16(20-12)7-5-13-4-6-14(18)11-15(13)19/h4-7,10-11H,2-3,8-9H2,1H3/b7-5+. The third kappa shape index (κ3) is 3.60. The highest BCUT2D eigenvalue weighted by Crippen LogP contribution is 2.23. The predicted molar refractivity (Wildman–Crippen MR) is 93.6 cm³/mol. The summed E-state index contributed by atoms with van der Waals surface area (Å²) in [5, 5.41) is 1.25. The Morgan fingerprint density at radius 3 is 2.55 bits per heavy atom. The molecule has 1 aromatic heterocycles. The quantitative estimate of drug-likeness (QED) is 0.802. The van der Waals surface area contributed by atoms with Crippen LogP contribution in [0.15, 0.2) is 24.3 Å². The Kier molecular flexibility index (Phi) is 4.65. The molecule has 0 aliphatic carbocycles. The molecule has 1 aliphatic rings. The number of aromatic nitrogens is 2. The highest BCUT2D eigenvalue weighted by Gasteiger charge is 2.14. The van der Waals surface area contributed by atoms with Crippen LogP contribution in [0.2, 0.25) is 10.0 Å². The van der Waals surface area contributed by atoms with Crippen molar-refractivity contribution in [3.8, 4) is 0 Å². The molecule has 0 radical (unpaired) electrons. The molecule has 22 heavy (non-hydrogen) atoms. The Labute approximate surface area is 140 Å². The number of rotatable bonds is 3. The second-order valence-corrected chi connectivity index (χ2v) is 6.26. The van der Waals surface area contributed by atoms with Crippen LogP contribution in [0.3, 0.4) is 0 Å². The molecule has 0 amide bonds. The molecule has 2 heterocycles. The molecule has 5 heteroatoms. The lowest BCUT2D eigenvalue weighted by molar-refractivity contribution is 0.915. The van der Waals surface area contributed by atoms with Crippen molar-refractivity contribution < 1.29 is 0 Å². The van der Waals surface area contributed by atoms with E-state index in [9.17, 15) is 0 Å². The predicted octanol–water partition coefficient (Wildman–Crippen LogP) is 4.86. The van der Waals surface area contributed by atoms with Gasteiger partial charge in [-0.05, 0) is 49.6 Å². The molecule has 1 aromatic carbocycles. The minimum atomic E-state index is 0.621. The van der Waals surface area contributed by atoms with Gasteiger partial charge in [0, 0.05) is 34.9 Å². The summed E-state index contributed by atoms with van der Waals surface area (Å²) in [6.45, 7) is 4.14. The van der Waals surface area contributed by atoms with Gasteiger partial charge in [0.15, 0.2) is 5.82 Å². The van der Waals surface area contributed by atoms with E-state index in [0.717, 1.165) is 30.2 Å². The van der Waals surface area contributed by atoms with E-state index in [1.165, 1.54) is 12.8 Å². The fraction of sp³-hybridized carbons (Fsp3) is 0.294. The molecule has 114 valence electrons. The molecule has 0 atom stereocenters. The maximum absolute atomic E-state index is 6.18. The number of hydrogen-bond donors (Lipinski definition) is 0. The Morgan fingerprint density at radius 2 is 1.82 bits per heavy atom. The Balaban J connectivity index is 1.86. The van der Waals surface area contributed by atoms with E-state index in [0.29, 0.717) is 15.9 Å². The molecule has 3 nitrogen and oxygen atoms in total. The summed E-state index contributed by atoms with van der Waals surface area (Å²) in [5.74, 6) is 1.71. The van der Waals surface area contributed by atoms with Crippen molar-refractivity contribution in [2.24, 2.45) is 0 Å². The number of hydrogen-bond acceptors (Lipinski definition) is 3. The maximum Gasteiger partial charge on any atom is 0.154 e. The fourth-order valence-electron chi connectivity index (χ4n) is 2.56. The third-order valence-electron chi connectivity index (χ3n) is 3.66. The van der Waals surface area contributed by atoms with Crippen molar-refractivity contribution in [2.75, 3.05) is 18.0 Å². The van der Waals surface area contributed by atoms with Crippen molar-refractivity contribution in [3.63, 3.8) is 0 Å². The zero-order valence-electron chi connectivity index (χ0n) is 12.4. The van der Waals surface area contributed by atoms with E-state index in [1.807, 2.05) is 37.3 Å². The lowest BCUT2D eigenvalue weighted by Crippen LogP contribution is -2.19. The van der Waals surface area contributed by atoms with Crippen molar-refractivity contribution >= 4 is 41.2 Å². The molecule has 0 unspecified atom stereocenters. The Bertz CT molecular complexity index is 707. The first-order chi connectivity index (χ1) is 10.6. The van der Waals surface area contributed by atoms with Crippen molar-refractivity contribution in [3.05, 3.63) is 51.4 Å². The van der Waals surface area contributed by atoms with Crippen LogP contribution in [0.1, 0.15) is 29.9 Å². The van der Waals surface area contributed by atoms with Gasteiger partial charge >= 0.3 is 0 Å².